The first kappa shape index (κ1) is 23.5. The molecule has 2 N–H and O–H groups in total. The van der Waals surface area contributed by atoms with E-state index in [1.165, 1.54) is 6.26 Å². The van der Waals surface area contributed by atoms with Gasteiger partial charge in [0.1, 0.15) is 35.8 Å². The van der Waals surface area contributed by atoms with Crippen LogP contribution in [-0.2, 0) is 0 Å². The number of aliphatic hydroxyl groups excluding tert-OH is 1. The second-order valence-corrected chi connectivity index (χ2v) is 8.71. The first-order valence-electron chi connectivity index (χ1n) is 12.1. The van der Waals surface area contributed by atoms with Gasteiger partial charge in [0, 0.05) is 34.0 Å². The number of anilines is 1. The Morgan fingerprint density at radius 1 is 1.00 bits per heavy atom. The minimum Gasteiger partial charge on any atom is -0.497 e. The van der Waals surface area contributed by atoms with Crippen molar-refractivity contribution in [3.8, 4) is 34.0 Å². The molecule has 3 aromatic carbocycles. The van der Waals surface area contributed by atoms with Gasteiger partial charge < -0.3 is 19.1 Å². The summed E-state index contributed by atoms with van der Waals surface area (Å²) in [7, 11) is 1.62. The Morgan fingerprint density at radius 3 is 2.47 bits per heavy atom. The van der Waals surface area contributed by atoms with Crippen LogP contribution in [0.15, 0.2) is 89.6 Å². The fourth-order valence-electron chi connectivity index (χ4n) is 4.82. The van der Waals surface area contributed by atoms with E-state index in [1.54, 1.807) is 18.1 Å². The number of hydrogen-bond acceptors (Lipinski definition) is 7. The number of methoxy groups -OCH3 is 1. The number of aliphatic hydroxyl groups is 1. The number of ether oxygens (including phenoxy) is 2. The number of nitrogens with zero attached hydrogens (tertiary/aromatic N) is 3. The first-order chi connectivity index (χ1) is 18.7. The molecule has 6 rings (SSSR count). The zero-order valence-electron chi connectivity index (χ0n) is 20.5. The van der Waals surface area contributed by atoms with Crippen LogP contribution >= 0.6 is 0 Å². The number of hydrogen-bond donors (Lipinski definition) is 2. The Hall–Kier alpha value is -4.89. The standard InChI is InChI=1S/C29H24N4O5/c1-36-21-12-8-19(9-13-21)26-25-27(31-30-26)29(35)33(20-10-6-18(7-11-20)23-14-16-38-32-23)28(25)22-4-2-3-5-24(22)37-17-15-34/h2-14,16,28,34H,15,17H2,1H3,(H,30,31). The van der Waals surface area contributed by atoms with Crippen molar-refractivity contribution in [2.45, 2.75) is 6.04 Å². The molecule has 0 radical (unpaired) electrons. The maximum absolute atomic E-state index is 13.9. The summed E-state index contributed by atoms with van der Waals surface area (Å²) in [5.41, 5.74) is 5.74. The highest BCUT2D eigenvalue weighted by Gasteiger charge is 2.44. The zero-order chi connectivity index (χ0) is 26.1. The van der Waals surface area contributed by atoms with Gasteiger partial charge in [-0.1, -0.05) is 35.5 Å². The van der Waals surface area contributed by atoms with Crippen molar-refractivity contribution in [3.05, 3.63) is 102 Å². The normalized spacial score (nSPS) is 14.5. The van der Waals surface area contributed by atoms with Gasteiger partial charge in [-0.15, -0.1) is 0 Å². The van der Waals surface area contributed by atoms with E-state index in [0.717, 1.165) is 28.0 Å². The molecule has 0 saturated carbocycles. The molecule has 0 bridgehead atoms. The molecule has 1 amide bonds. The molecule has 0 aliphatic carbocycles. The molecule has 190 valence electrons. The number of para-hydroxylation sites is 1. The minimum atomic E-state index is -0.527. The molecule has 3 heterocycles. The van der Waals surface area contributed by atoms with E-state index in [-0.39, 0.29) is 19.1 Å². The number of aromatic amines is 1. The third kappa shape index (κ3) is 3.99. The number of H-pyrrole nitrogens is 1. The number of benzene rings is 3. The van der Waals surface area contributed by atoms with Crippen molar-refractivity contribution in [1.82, 2.24) is 15.4 Å². The highest BCUT2D eigenvalue weighted by atomic mass is 16.5. The Balaban J connectivity index is 1.49. The fourth-order valence-corrected chi connectivity index (χ4v) is 4.82. The van der Waals surface area contributed by atoms with Crippen molar-refractivity contribution in [3.63, 3.8) is 0 Å². The van der Waals surface area contributed by atoms with Crippen LogP contribution in [0.25, 0.3) is 22.5 Å². The second kappa shape index (κ2) is 9.87. The van der Waals surface area contributed by atoms with E-state index in [0.29, 0.717) is 28.5 Å². The lowest BCUT2D eigenvalue weighted by atomic mass is 9.95. The lowest BCUT2D eigenvalue weighted by Gasteiger charge is -2.28. The van der Waals surface area contributed by atoms with Crippen LogP contribution in [0.2, 0.25) is 0 Å². The number of carbonyl (C=O) groups excluding carboxylic acids is 1. The highest BCUT2D eigenvalue weighted by Crippen LogP contribution is 2.47. The van der Waals surface area contributed by atoms with E-state index < -0.39 is 6.04 Å². The predicted octanol–water partition coefficient (Wildman–Crippen LogP) is 4.86. The van der Waals surface area contributed by atoms with Gasteiger partial charge in [0.2, 0.25) is 0 Å². The Labute approximate surface area is 218 Å². The van der Waals surface area contributed by atoms with E-state index in [9.17, 15) is 9.90 Å². The zero-order valence-corrected chi connectivity index (χ0v) is 20.5. The van der Waals surface area contributed by atoms with Crippen LogP contribution < -0.4 is 14.4 Å². The van der Waals surface area contributed by atoms with Crippen LogP contribution in [0.5, 0.6) is 11.5 Å². The molecule has 5 aromatic rings. The lowest BCUT2D eigenvalue weighted by Crippen LogP contribution is -2.29. The predicted molar refractivity (Wildman–Crippen MR) is 140 cm³/mol. The van der Waals surface area contributed by atoms with Crippen molar-refractivity contribution < 1.29 is 23.9 Å². The van der Waals surface area contributed by atoms with Crippen LogP contribution in [0.3, 0.4) is 0 Å². The lowest BCUT2D eigenvalue weighted by molar-refractivity contribution is 0.0988. The van der Waals surface area contributed by atoms with E-state index >= 15 is 0 Å². The molecule has 1 aliphatic heterocycles. The van der Waals surface area contributed by atoms with Gasteiger partial charge >= 0.3 is 0 Å². The second-order valence-electron chi connectivity index (χ2n) is 8.71. The maximum Gasteiger partial charge on any atom is 0.277 e. The molecular weight excluding hydrogens is 484 g/mol. The summed E-state index contributed by atoms with van der Waals surface area (Å²) < 4.78 is 16.2. The number of aromatic nitrogens is 3. The summed E-state index contributed by atoms with van der Waals surface area (Å²) in [6, 6.07) is 23.9. The van der Waals surface area contributed by atoms with Crippen molar-refractivity contribution in [2.24, 2.45) is 0 Å². The van der Waals surface area contributed by atoms with Gasteiger partial charge in [-0.3, -0.25) is 14.8 Å². The van der Waals surface area contributed by atoms with Crippen molar-refractivity contribution >= 4 is 11.6 Å². The van der Waals surface area contributed by atoms with E-state index in [1.807, 2.05) is 72.8 Å². The van der Waals surface area contributed by atoms with Gasteiger partial charge in [-0.25, -0.2) is 0 Å². The third-order valence-corrected chi connectivity index (χ3v) is 6.57. The maximum atomic E-state index is 13.9. The Bertz CT molecular complexity index is 1560. The molecule has 9 nitrogen and oxygen atoms in total. The number of fused-ring (bicyclic) bond motifs is 1. The molecule has 2 aromatic heterocycles. The number of amides is 1. The molecular formula is C29H24N4O5. The molecule has 1 unspecified atom stereocenters. The highest BCUT2D eigenvalue weighted by molar-refractivity contribution is 6.12. The van der Waals surface area contributed by atoms with Crippen molar-refractivity contribution in [1.29, 1.82) is 0 Å². The monoisotopic (exact) mass is 508 g/mol. The average molecular weight is 509 g/mol. The van der Waals surface area contributed by atoms with Crippen molar-refractivity contribution in [2.75, 3.05) is 25.2 Å². The van der Waals surface area contributed by atoms with Crippen LogP contribution in [0, 0.1) is 0 Å². The summed E-state index contributed by atoms with van der Waals surface area (Å²) in [5, 5.41) is 20.9. The molecule has 9 heteroatoms. The molecule has 38 heavy (non-hydrogen) atoms. The molecule has 1 aliphatic rings. The summed E-state index contributed by atoms with van der Waals surface area (Å²) in [6.45, 7) is 0.00682. The van der Waals surface area contributed by atoms with E-state index in [2.05, 4.69) is 15.4 Å². The minimum absolute atomic E-state index is 0.126. The largest absolute Gasteiger partial charge is 0.497 e. The summed E-state index contributed by atoms with van der Waals surface area (Å²) in [4.78, 5) is 15.6. The number of nitrogens with one attached hydrogen (secondary N) is 1. The van der Waals surface area contributed by atoms with E-state index in [4.69, 9.17) is 14.0 Å². The number of carbonyl (C=O) groups is 1. The van der Waals surface area contributed by atoms with Gasteiger partial charge in [0.05, 0.1) is 25.5 Å². The SMILES string of the molecule is COc1ccc(-c2n[nH]c3c2C(c2ccccc2OCCO)N(c2ccc(-c4ccon4)cc2)C3=O)cc1. The van der Waals surface area contributed by atoms with Gasteiger partial charge in [-0.2, -0.15) is 5.10 Å². The molecule has 1 atom stereocenters. The average Bonchev–Trinajstić information content (AvgIpc) is 3.71. The Morgan fingerprint density at radius 2 is 1.76 bits per heavy atom. The summed E-state index contributed by atoms with van der Waals surface area (Å²) >= 11 is 0. The topological polar surface area (TPSA) is 114 Å². The van der Waals surface area contributed by atoms with Crippen LogP contribution in [-0.4, -0.2) is 46.7 Å². The fraction of sp³-hybridized carbons (Fsp3) is 0.138. The van der Waals surface area contributed by atoms with Gasteiger partial charge in [0.25, 0.3) is 5.91 Å². The number of rotatable bonds is 8. The van der Waals surface area contributed by atoms with Gasteiger partial charge in [-0.05, 0) is 42.5 Å². The van der Waals surface area contributed by atoms with Crippen LogP contribution in [0.4, 0.5) is 5.69 Å². The molecule has 0 saturated heterocycles. The smallest absolute Gasteiger partial charge is 0.277 e. The third-order valence-electron chi connectivity index (χ3n) is 6.57. The Kier molecular flexibility index (Phi) is 6.11. The van der Waals surface area contributed by atoms with Crippen LogP contribution in [0.1, 0.15) is 27.7 Å². The first-order valence-corrected chi connectivity index (χ1v) is 12.1. The quantitative estimate of drug-likeness (QED) is 0.308. The molecule has 0 fully saturated rings. The van der Waals surface area contributed by atoms with Gasteiger partial charge in [0.15, 0.2) is 0 Å². The summed E-state index contributed by atoms with van der Waals surface area (Å²) in [5.74, 6) is 1.10. The molecule has 0 spiro atoms. The summed E-state index contributed by atoms with van der Waals surface area (Å²) in [6.07, 6.45) is 1.52.